The number of aromatic carboxylic acids is 1. The van der Waals surface area contributed by atoms with Crippen molar-refractivity contribution < 1.29 is 14.6 Å². The van der Waals surface area contributed by atoms with E-state index in [-0.39, 0.29) is 12.3 Å². The molecule has 0 aliphatic carbocycles. The lowest BCUT2D eigenvalue weighted by atomic mass is 10.3. The molecule has 0 fully saturated rings. The van der Waals surface area contributed by atoms with E-state index in [2.05, 4.69) is 20.9 Å². The van der Waals surface area contributed by atoms with Crippen LogP contribution in [-0.4, -0.2) is 16.1 Å². The molecule has 1 aromatic carbocycles. The fraction of sp³-hybridized carbons (Fsp3) is 0.0769. The molecule has 18 heavy (non-hydrogen) atoms. The van der Waals surface area contributed by atoms with Crippen LogP contribution in [-0.2, 0) is 6.61 Å². The SMILES string of the molecule is O=C(O)c1cccc(COc2ccc(Br)cc2)n1. The van der Waals surface area contributed by atoms with Crippen molar-refractivity contribution in [2.75, 3.05) is 0 Å². The Labute approximate surface area is 112 Å². The highest BCUT2D eigenvalue weighted by atomic mass is 79.9. The van der Waals surface area contributed by atoms with Crippen LogP contribution in [0.4, 0.5) is 0 Å². The summed E-state index contributed by atoms with van der Waals surface area (Å²) in [6.07, 6.45) is 0. The number of carbonyl (C=O) groups is 1. The first-order valence-electron chi connectivity index (χ1n) is 5.23. The lowest BCUT2D eigenvalue weighted by molar-refractivity contribution is 0.0690. The second-order valence-electron chi connectivity index (χ2n) is 3.56. The lowest BCUT2D eigenvalue weighted by Crippen LogP contribution is -2.04. The van der Waals surface area contributed by atoms with Gasteiger partial charge in [0.2, 0.25) is 0 Å². The average Bonchev–Trinajstić information content (AvgIpc) is 2.38. The van der Waals surface area contributed by atoms with Gasteiger partial charge in [0.25, 0.3) is 0 Å². The zero-order valence-corrected chi connectivity index (χ0v) is 10.9. The Morgan fingerprint density at radius 2 is 1.94 bits per heavy atom. The summed E-state index contributed by atoms with van der Waals surface area (Å²) in [4.78, 5) is 14.7. The first kappa shape index (κ1) is 12.6. The maximum atomic E-state index is 10.8. The third kappa shape index (κ3) is 3.30. The summed E-state index contributed by atoms with van der Waals surface area (Å²) in [6.45, 7) is 0.239. The predicted octanol–water partition coefficient (Wildman–Crippen LogP) is 3.12. The number of nitrogens with zero attached hydrogens (tertiary/aromatic N) is 1. The average molecular weight is 308 g/mol. The van der Waals surface area contributed by atoms with Crippen LogP contribution in [0, 0.1) is 0 Å². The van der Waals surface area contributed by atoms with Crippen LogP contribution in [0.2, 0.25) is 0 Å². The summed E-state index contributed by atoms with van der Waals surface area (Å²) in [5, 5.41) is 8.82. The molecule has 0 aliphatic rings. The van der Waals surface area contributed by atoms with Crippen molar-refractivity contribution in [3.8, 4) is 5.75 Å². The van der Waals surface area contributed by atoms with Gasteiger partial charge in [-0.25, -0.2) is 9.78 Å². The first-order valence-corrected chi connectivity index (χ1v) is 6.02. The Bertz CT molecular complexity index is 554. The molecular weight excluding hydrogens is 298 g/mol. The van der Waals surface area contributed by atoms with Crippen molar-refractivity contribution in [2.24, 2.45) is 0 Å². The number of carboxylic acids is 1. The van der Waals surface area contributed by atoms with E-state index >= 15 is 0 Å². The smallest absolute Gasteiger partial charge is 0.354 e. The number of aromatic nitrogens is 1. The zero-order chi connectivity index (χ0) is 13.0. The van der Waals surface area contributed by atoms with E-state index in [0.717, 1.165) is 4.47 Å². The largest absolute Gasteiger partial charge is 0.487 e. The summed E-state index contributed by atoms with van der Waals surface area (Å²) in [6, 6.07) is 12.2. The van der Waals surface area contributed by atoms with Gasteiger partial charge in [-0.05, 0) is 36.4 Å². The monoisotopic (exact) mass is 307 g/mol. The van der Waals surface area contributed by atoms with Gasteiger partial charge in [0, 0.05) is 4.47 Å². The van der Waals surface area contributed by atoms with Crippen LogP contribution < -0.4 is 4.74 Å². The van der Waals surface area contributed by atoms with E-state index < -0.39 is 5.97 Å². The highest BCUT2D eigenvalue weighted by Crippen LogP contribution is 2.17. The molecule has 0 bridgehead atoms. The van der Waals surface area contributed by atoms with Crippen LogP contribution in [0.3, 0.4) is 0 Å². The van der Waals surface area contributed by atoms with Crippen molar-refractivity contribution >= 4 is 21.9 Å². The van der Waals surface area contributed by atoms with Gasteiger partial charge in [-0.15, -0.1) is 0 Å². The molecule has 5 heteroatoms. The standard InChI is InChI=1S/C13H10BrNO3/c14-9-4-6-11(7-5-9)18-8-10-2-1-3-12(15-10)13(16)17/h1-7H,8H2,(H,16,17). The Hall–Kier alpha value is -1.88. The van der Waals surface area contributed by atoms with E-state index in [4.69, 9.17) is 9.84 Å². The van der Waals surface area contributed by atoms with Gasteiger partial charge in [0.15, 0.2) is 0 Å². The van der Waals surface area contributed by atoms with E-state index in [1.165, 1.54) is 6.07 Å². The summed E-state index contributed by atoms with van der Waals surface area (Å²) in [5.41, 5.74) is 0.602. The van der Waals surface area contributed by atoms with E-state index in [0.29, 0.717) is 11.4 Å². The maximum absolute atomic E-state index is 10.8. The second kappa shape index (κ2) is 5.64. The normalized spacial score (nSPS) is 10.1. The van der Waals surface area contributed by atoms with Crippen molar-refractivity contribution in [1.29, 1.82) is 0 Å². The second-order valence-corrected chi connectivity index (χ2v) is 4.48. The van der Waals surface area contributed by atoms with Crippen molar-refractivity contribution in [2.45, 2.75) is 6.61 Å². The maximum Gasteiger partial charge on any atom is 0.354 e. The van der Waals surface area contributed by atoms with Gasteiger partial charge in [-0.2, -0.15) is 0 Å². The molecule has 1 N–H and O–H groups in total. The number of pyridine rings is 1. The van der Waals surface area contributed by atoms with Gasteiger partial charge >= 0.3 is 5.97 Å². The van der Waals surface area contributed by atoms with Gasteiger partial charge in [-0.3, -0.25) is 0 Å². The summed E-state index contributed by atoms with van der Waals surface area (Å²) < 4.78 is 6.48. The number of ether oxygens (including phenoxy) is 1. The molecule has 1 aromatic heterocycles. The molecule has 0 spiro atoms. The Morgan fingerprint density at radius 1 is 1.22 bits per heavy atom. The summed E-state index contributed by atoms with van der Waals surface area (Å²) in [7, 11) is 0. The molecule has 0 saturated carbocycles. The molecule has 0 amide bonds. The van der Waals surface area contributed by atoms with Crippen LogP contribution in [0.5, 0.6) is 5.75 Å². The molecule has 2 rings (SSSR count). The van der Waals surface area contributed by atoms with E-state index in [9.17, 15) is 4.79 Å². The van der Waals surface area contributed by atoms with Gasteiger partial charge < -0.3 is 9.84 Å². The number of rotatable bonds is 4. The molecule has 0 radical (unpaired) electrons. The number of halogens is 1. The molecule has 2 aromatic rings. The molecule has 1 heterocycles. The fourth-order valence-electron chi connectivity index (χ4n) is 1.37. The molecule has 92 valence electrons. The third-order valence-corrected chi connectivity index (χ3v) is 2.75. The first-order chi connectivity index (χ1) is 8.65. The van der Waals surface area contributed by atoms with Crippen molar-refractivity contribution in [3.63, 3.8) is 0 Å². The van der Waals surface area contributed by atoms with Gasteiger partial charge in [0.05, 0.1) is 5.69 Å². The van der Waals surface area contributed by atoms with Crippen LogP contribution in [0.15, 0.2) is 46.9 Å². The van der Waals surface area contributed by atoms with Crippen LogP contribution >= 0.6 is 15.9 Å². The third-order valence-electron chi connectivity index (χ3n) is 2.23. The van der Waals surface area contributed by atoms with Crippen molar-refractivity contribution in [3.05, 3.63) is 58.3 Å². The summed E-state index contributed by atoms with van der Waals surface area (Å²) in [5.74, 6) is -0.332. The van der Waals surface area contributed by atoms with E-state index in [1.54, 1.807) is 12.1 Å². The molecule has 0 aliphatic heterocycles. The number of hydrogen-bond acceptors (Lipinski definition) is 3. The number of benzene rings is 1. The Balaban J connectivity index is 2.04. The van der Waals surface area contributed by atoms with E-state index in [1.807, 2.05) is 24.3 Å². The topological polar surface area (TPSA) is 59.4 Å². The molecule has 0 unspecified atom stereocenters. The van der Waals surface area contributed by atoms with Gasteiger partial charge in [0.1, 0.15) is 18.1 Å². The molecular formula is C13H10BrNO3. The molecule has 0 atom stereocenters. The van der Waals surface area contributed by atoms with Crippen molar-refractivity contribution in [1.82, 2.24) is 4.98 Å². The Morgan fingerprint density at radius 3 is 2.61 bits per heavy atom. The zero-order valence-electron chi connectivity index (χ0n) is 9.34. The number of hydrogen-bond donors (Lipinski definition) is 1. The highest BCUT2D eigenvalue weighted by Gasteiger charge is 2.05. The minimum Gasteiger partial charge on any atom is -0.487 e. The van der Waals surface area contributed by atoms with Gasteiger partial charge in [-0.1, -0.05) is 22.0 Å². The summed E-state index contributed by atoms with van der Waals surface area (Å²) >= 11 is 3.33. The quantitative estimate of drug-likeness (QED) is 0.943. The van der Waals surface area contributed by atoms with Crippen LogP contribution in [0.25, 0.3) is 0 Å². The highest BCUT2D eigenvalue weighted by molar-refractivity contribution is 9.10. The Kier molecular flexibility index (Phi) is 3.94. The molecule has 0 saturated heterocycles. The minimum absolute atomic E-state index is 0.0203. The predicted molar refractivity (Wildman–Crippen MR) is 69.7 cm³/mol. The lowest BCUT2D eigenvalue weighted by Gasteiger charge is -2.06. The molecule has 4 nitrogen and oxygen atoms in total. The number of carboxylic acid groups (broad SMARTS) is 1. The fourth-order valence-corrected chi connectivity index (χ4v) is 1.63. The van der Waals surface area contributed by atoms with Crippen LogP contribution in [0.1, 0.15) is 16.2 Å². The minimum atomic E-state index is -1.04.